The molecule has 0 spiro atoms. The van der Waals surface area contributed by atoms with Crippen LogP contribution >= 0.6 is 11.3 Å². The van der Waals surface area contributed by atoms with Crippen molar-refractivity contribution in [3.05, 3.63) is 74.9 Å². The van der Waals surface area contributed by atoms with Crippen LogP contribution in [-0.4, -0.2) is 57.7 Å². The molecular weight excluding hydrogens is 628 g/mol. The Morgan fingerprint density at radius 2 is 1.88 bits per heavy atom. The van der Waals surface area contributed by atoms with E-state index in [1.165, 1.54) is 4.90 Å². The fourth-order valence-electron chi connectivity index (χ4n) is 6.47. The SMILES string of the molecule is COc1ccc2c(=O)cc(-c3nc(C(C)C)cs3)[nH]c2c1C.N#Cc1cccc(O[C@H](C(=O)N2CCCC2C(=O)O)C2CCCCC2)c1. The minimum absolute atomic E-state index is 0.00389. The number of nitrogens with zero attached hydrogens (tertiary/aromatic N) is 3. The Morgan fingerprint density at radius 1 is 1.10 bits per heavy atom. The van der Waals surface area contributed by atoms with Gasteiger partial charge in [-0.15, -0.1) is 11.3 Å². The van der Waals surface area contributed by atoms with E-state index in [1.54, 1.807) is 54.8 Å². The minimum atomic E-state index is -0.954. The summed E-state index contributed by atoms with van der Waals surface area (Å²) in [5.41, 5.74) is 4.01. The van der Waals surface area contributed by atoms with E-state index < -0.39 is 18.1 Å². The highest BCUT2D eigenvalue weighted by molar-refractivity contribution is 7.13. The van der Waals surface area contributed by atoms with Gasteiger partial charge in [0.2, 0.25) is 0 Å². The van der Waals surface area contributed by atoms with Crippen molar-refractivity contribution in [3.63, 3.8) is 0 Å². The number of rotatable bonds is 8. The number of H-pyrrole nitrogens is 1. The van der Waals surface area contributed by atoms with E-state index in [9.17, 15) is 19.5 Å². The van der Waals surface area contributed by atoms with Gasteiger partial charge in [-0.3, -0.25) is 9.59 Å². The van der Waals surface area contributed by atoms with Crippen LogP contribution < -0.4 is 14.9 Å². The maximum Gasteiger partial charge on any atom is 0.326 e. The first-order chi connectivity index (χ1) is 23.1. The van der Waals surface area contributed by atoms with E-state index in [2.05, 4.69) is 29.9 Å². The van der Waals surface area contributed by atoms with Crippen molar-refractivity contribution in [2.24, 2.45) is 5.92 Å². The fraction of sp³-hybridized carbons (Fsp3) is 0.432. The zero-order valence-corrected chi connectivity index (χ0v) is 28.6. The number of carbonyl (C=O) groups excluding carboxylic acids is 1. The Morgan fingerprint density at radius 3 is 2.54 bits per heavy atom. The Kier molecular flexibility index (Phi) is 11.2. The normalized spacial score (nSPS) is 17.0. The molecule has 0 bridgehead atoms. The summed E-state index contributed by atoms with van der Waals surface area (Å²) in [6.45, 7) is 6.62. The third-order valence-corrected chi connectivity index (χ3v) is 10.0. The van der Waals surface area contributed by atoms with Crippen LogP contribution in [0, 0.1) is 24.2 Å². The van der Waals surface area contributed by atoms with Crippen molar-refractivity contribution in [3.8, 4) is 28.3 Å². The Hall–Kier alpha value is -4.69. The number of benzene rings is 2. The molecule has 1 amide bonds. The number of aromatic amines is 1. The zero-order valence-electron chi connectivity index (χ0n) is 27.8. The van der Waals surface area contributed by atoms with Gasteiger partial charge in [0.1, 0.15) is 22.5 Å². The summed E-state index contributed by atoms with van der Waals surface area (Å²) < 4.78 is 11.4. The molecule has 11 heteroatoms. The lowest BCUT2D eigenvalue weighted by Gasteiger charge is -2.33. The smallest absolute Gasteiger partial charge is 0.326 e. The number of carboxylic acid groups (broad SMARTS) is 1. The highest BCUT2D eigenvalue weighted by atomic mass is 32.1. The van der Waals surface area contributed by atoms with E-state index in [4.69, 9.17) is 14.7 Å². The number of aromatic nitrogens is 2. The topological polar surface area (TPSA) is 146 Å². The first-order valence-corrected chi connectivity index (χ1v) is 17.4. The van der Waals surface area contributed by atoms with Gasteiger partial charge in [0.05, 0.1) is 35.6 Å². The Bertz CT molecular complexity index is 1870. The van der Waals surface area contributed by atoms with Gasteiger partial charge in [-0.1, -0.05) is 39.2 Å². The first kappa shape index (κ1) is 34.6. The second-order valence-electron chi connectivity index (χ2n) is 12.7. The number of carboxylic acids is 1. The summed E-state index contributed by atoms with van der Waals surface area (Å²) in [5, 5.41) is 22.0. The number of aliphatic carboxylic acids is 1. The molecule has 1 aliphatic heterocycles. The summed E-state index contributed by atoms with van der Waals surface area (Å²) in [4.78, 5) is 46.5. The molecule has 2 aromatic heterocycles. The van der Waals surface area contributed by atoms with Crippen molar-refractivity contribution < 1.29 is 24.2 Å². The third kappa shape index (κ3) is 7.71. The maximum atomic E-state index is 13.2. The minimum Gasteiger partial charge on any atom is -0.496 e. The van der Waals surface area contributed by atoms with Crippen LogP contribution in [0.1, 0.15) is 81.5 Å². The monoisotopic (exact) mass is 670 g/mol. The zero-order chi connectivity index (χ0) is 34.4. The lowest BCUT2D eigenvalue weighted by atomic mass is 9.84. The summed E-state index contributed by atoms with van der Waals surface area (Å²) in [7, 11) is 1.63. The standard InChI is InChI=1S/C20H24N2O4.C17H18N2O2S/c21-13-14-6-4-9-16(12-14)26-18(15-7-2-1-3-8-15)19(23)22-11-5-10-17(22)20(24)25;1-9(2)13-8-22-17(19-13)12-7-14(20)11-5-6-15(21-4)10(3)16(11)18-12/h4,6,9,12,15,17-18H,1-3,5,7-8,10-11H2,(H,24,25);5-9H,1-4H3,(H,18,20)/t17?,18-;/m0./s1. The van der Waals surface area contributed by atoms with Crippen molar-refractivity contribution in [2.45, 2.75) is 83.8 Å². The molecule has 2 fully saturated rings. The summed E-state index contributed by atoms with van der Waals surface area (Å²) >= 11 is 1.55. The number of likely N-dealkylation sites (tertiary alicyclic amines) is 1. The van der Waals surface area contributed by atoms with Gasteiger partial charge in [-0.2, -0.15) is 5.26 Å². The fourth-order valence-corrected chi connectivity index (χ4v) is 7.42. The van der Waals surface area contributed by atoms with Crippen LogP contribution in [0.15, 0.2) is 52.6 Å². The number of carbonyl (C=O) groups is 2. The second kappa shape index (κ2) is 15.5. The number of pyridine rings is 1. The largest absolute Gasteiger partial charge is 0.496 e. The van der Waals surface area contributed by atoms with Crippen LogP contribution in [-0.2, 0) is 9.59 Å². The number of thiazole rings is 1. The number of hydrogen-bond donors (Lipinski definition) is 2. The Labute approximate surface area is 284 Å². The molecule has 2 atom stereocenters. The van der Waals surface area contributed by atoms with Crippen molar-refractivity contribution in [2.75, 3.05) is 13.7 Å². The van der Waals surface area contributed by atoms with Crippen LogP contribution in [0.2, 0.25) is 0 Å². The highest BCUT2D eigenvalue weighted by Gasteiger charge is 2.41. The predicted octanol–water partition coefficient (Wildman–Crippen LogP) is 7.05. The molecular formula is C37H42N4O6S. The first-order valence-electron chi connectivity index (χ1n) is 16.5. The molecule has 2 aromatic carbocycles. The molecule has 1 unspecified atom stereocenters. The van der Waals surface area contributed by atoms with E-state index >= 15 is 0 Å². The van der Waals surface area contributed by atoms with Crippen LogP contribution in [0.25, 0.3) is 21.6 Å². The molecule has 0 radical (unpaired) electrons. The van der Waals surface area contributed by atoms with Gasteiger partial charge >= 0.3 is 5.97 Å². The van der Waals surface area contributed by atoms with Crippen molar-refractivity contribution >= 4 is 34.1 Å². The molecule has 1 saturated carbocycles. The molecule has 48 heavy (non-hydrogen) atoms. The highest BCUT2D eigenvalue weighted by Crippen LogP contribution is 2.32. The number of amides is 1. The van der Waals surface area contributed by atoms with E-state index in [-0.39, 0.29) is 17.3 Å². The number of hydrogen-bond acceptors (Lipinski definition) is 8. The molecule has 10 nitrogen and oxygen atoms in total. The number of methoxy groups -OCH3 is 1. The molecule has 1 saturated heterocycles. The second-order valence-corrected chi connectivity index (χ2v) is 13.6. The number of fused-ring (bicyclic) bond motifs is 1. The maximum absolute atomic E-state index is 13.2. The number of nitriles is 1. The van der Waals surface area contributed by atoms with Gasteiger partial charge in [-0.05, 0) is 68.9 Å². The molecule has 2 N–H and O–H groups in total. The predicted molar refractivity (Wildman–Crippen MR) is 186 cm³/mol. The number of nitrogens with one attached hydrogen (secondary N) is 1. The van der Waals surface area contributed by atoms with E-state index in [0.717, 1.165) is 65.3 Å². The van der Waals surface area contributed by atoms with Crippen molar-refractivity contribution in [1.82, 2.24) is 14.9 Å². The van der Waals surface area contributed by atoms with Gasteiger partial charge in [0.25, 0.3) is 5.91 Å². The summed E-state index contributed by atoms with van der Waals surface area (Å²) in [5.74, 6) is 0.520. The van der Waals surface area contributed by atoms with Crippen LogP contribution in [0.3, 0.4) is 0 Å². The lowest BCUT2D eigenvalue weighted by molar-refractivity contribution is -0.153. The van der Waals surface area contributed by atoms with Crippen LogP contribution in [0.5, 0.6) is 11.5 Å². The molecule has 252 valence electrons. The Balaban J connectivity index is 0.000000190. The average molecular weight is 671 g/mol. The van der Waals surface area contributed by atoms with Gasteiger partial charge < -0.3 is 24.5 Å². The molecule has 1 aliphatic carbocycles. The van der Waals surface area contributed by atoms with Gasteiger partial charge in [-0.25, -0.2) is 9.78 Å². The van der Waals surface area contributed by atoms with Gasteiger partial charge in [0, 0.05) is 34.9 Å². The molecule has 6 rings (SSSR count). The molecule has 2 aliphatic rings. The van der Waals surface area contributed by atoms with E-state index in [1.807, 2.05) is 18.4 Å². The van der Waals surface area contributed by atoms with Crippen LogP contribution in [0.4, 0.5) is 0 Å². The lowest BCUT2D eigenvalue weighted by Crippen LogP contribution is -2.50. The number of aryl methyl sites for hydroxylation is 1. The summed E-state index contributed by atoms with van der Waals surface area (Å²) in [6, 6.07) is 13.3. The average Bonchev–Trinajstić information content (AvgIpc) is 3.80. The molecule has 4 aromatic rings. The van der Waals surface area contributed by atoms with Gasteiger partial charge in [0.15, 0.2) is 11.5 Å². The van der Waals surface area contributed by atoms with Crippen molar-refractivity contribution in [1.29, 1.82) is 5.26 Å². The number of ether oxygens (including phenoxy) is 2. The summed E-state index contributed by atoms with van der Waals surface area (Å²) in [6.07, 6.45) is 5.57. The quantitative estimate of drug-likeness (QED) is 0.203. The third-order valence-electron chi connectivity index (χ3n) is 9.15. The van der Waals surface area contributed by atoms with E-state index in [0.29, 0.717) is 42.0 Å². The molecule has 3 heterocycles.